The molecular formula is C26H16Cl4. The summed E-state index contributed by atoms with van der Waals surface area (Å²) in [6, 6.07) is 31.4. The minimum atomic E-state index is 0.689. The quantitative estimate of drug-likeness (QED) is 0.261. The average Bonchev–Trinajstić information content (AvgIpc) is 2.75. The fourth-order valence-electron chi connectivity index (χ4n) is 3.38. The topological polar surface area (TPSA) is 0 Å². The van der Waals surface area contributed by atoms with E-state index in [0.717, 1.165) is 33.4 Å². The summed E-state index contributed by atoms with van der Waals surface area (Å²) in [4.78, 5) is 0. The highest BCUT2D eigenvalue weighted by molar-refractivity contribution is 6.31. The van der Waals surface area contributed by atoms with E-state index in [2.05, 4.69) is 0 Å². The Bertz CT molecular complexity index is 980. The van der Waals surface area contributed by atoms with Gasteiger partial charge in [-0.2, -0.15) is 0 Å². The zero-order chi connectivity index (χ0) is 21.1. The smallest absolute Gasteiger partial charge is 0.0406 e. The fourth-order valence-corrected chi connectivity index (χ4v) is 3.88. The van der Waals surface area contributed by atoms with Crippen LogP contribution in [0.15, 0.2) is 97.1 Å². The maximum atomic E-state index is 6.17. The lowest BCUT2D eigenvalue weighted by Crippen LogP contribution is -1.97. The second-order valence-electron chi connectivity index (χ2n) is 6.78. The van der Waals surface area contributed by atoms with E-state index in [4.69, 9.17) is 46.4 Å². The third kappa shape index (κ3) is 4.74. The van der Waals surface area contributed by atoms with E-state index >= 15 is 0 Å². The van der Waals surface area contributed by atoms with E-state index in [-0.39, 0.29) is 0 Å². The highest BCUT2D eigenvalue weighted by atomic mass is 35.5. The molecule has 4 aromatic carbocycles. The maximum absolute atomic E-state index is 6.17. The predicted molar refractivity (Wildman–Crippen MR) is 131 cm³/mol. The van der Waals surface area contributed by atoms with E-state index in [1.165, 1.54) is 0 Å². The number of hydrogen-bond acceptors (Lipinski definition) is 0. The average molecular weight is 470 g/mol. The Balaban J connectivity index is 2.08. The minimum Gasteiger partial charge on any atom is -0.0843 e. The van der Waals surface area contributed by atoms with Crippen LogP contribution in [0.3, 0.4) is 0 Å². The van der Waals surface area contributed by atoms with E-state index in [1.54, 1.807) is 0 Å². The van der Waals surface area contributed by atoms with E-state index in [9.17, 15) is 0 Å². The van der Waals surface area contributed by atoms with Crippen molar-refractivity contribution in [3.05, 3.63) is 139 Å². The molecule has 0 saturated heterocycles. The molecule has 148 valence electrons. The largest absolute Gasteiger partial charge is 0.0843 e. The summed E-state index contributed by atoms with van der Waals surface area (Å²) in [5.41, 5.74) is 6.30. The molecule has 0 saturated carbocycles. The third-order valence-electron chi connectivity index (χ3n) is 4.78. The molecule has 0 N–H and O–H groups in total. The van der Waals surface area contributed by atoms with Crippen molar-refractivity contribution in [3.8, 4) is 0 Å². The molecule has 0 aliphatic carbocycles. The molecule has 4 aromatic rings. The van der Waals surface area contributed by atoms with Gasteiger partial charge in [-0.3, -0.25) is 0 Å². The minimum absolute atomic E-state index is 0.689. The van der Waals surface area contributed by atoms with E-state index in [0.29, 0.717) is 20.1 Å². The van der Waals surface area contributed by atoms with E-state index < -0.39 is 0 Å². The molecule has 0 heterocycles. The van der Waals surface area contributed by atoms with Gasteiger partial charge in [0.25, 0.3) is 0 Å². The molecule has 0 aromatic heterocycles. The maximum Gasteiger partial charge on any atom is 0.0406 e. The van der Waals surface area contributed by atoms with Gasteiger partial charge in [0.2, 0.25) is 0 Å². The SMILES string of the molecule is Clc1ccc(C(=C(c2ccc(Cl)cc2)c2ccc(Cl)cc2)c2ccc(Cl)cc2)cc1. The molecule has 0 radical (unpaired) electrons. The number of benzene rings is 4. The van der Waals surface area contributed by atoms with Crippen LogP contribution < -0.4 is 0 Å². The van der Waals surface area contributed by atoms with Gasteiger partial charge in [0.15, 0.2) is 0 Å². The lowest BCUT2D eigenvalue weighted by Gasteiger charge is -2.18. The fraction of sp³-hybridized carbons (Fsp3) is 0. The Kier molecular flexibility index (Phi) is 6.51. The number of rotatable bonds is 4. The van der Waals surface area contributed by atoms with Gasteiger partial charge in [0, 0.05) is 20.1 Å². The Morgan fingerprint density at radius 3 is 0.633 bits per heavy atom. The highest BCUT2D eigenvalue weighted by Gasteiger charge is 2.16. The van der Waals surface area contributed by atoms with Crippen LogP contribution in [0.25, 0.3) is 11.1 Å². The van der Waals surface area contributed by atoms with Gasteiger partial charge in [-0.05, 0) is 81.9 Å². The molecule has 0 aliphatic heterocycles. The molecule has 4 rings (SSSR count). The zero-order valence-corrected chi connectivity index (χ0v) is 18.8. The first-order chi connectivity index (χ1) is 14.5. The zero-order valence-electron chi connectivity index (χ0n) is 15.7. The van der Waals surface area contributed by atoms with Crippen LogP contribution >= 0.6 is 46.4 Å². The predicted octanol–water partition coefficient (Wildman–Crippen LogP) is 9.31. The molecule has 0 aliphatic rings. The summed E-state index contributed by atoms with van der Waals surface area (Å²) in [5, 5.41) is 2.75. The molecule has 0 bridgehead atoms. The Labute approximate surface area is 196 Å². The summed E-state index contributed by atoms with van der Waals surface area (Å²) in [5.74, 6) is 0. The molecule has 0 unspecified atom stereocenters. The summed E-state index contributed by atoms with van der Waals surface area (Å²) < 4.78 is 0. The van der Waals surface area contributed by atoms with Crippen LogP contribution in [0.1, 0.15) is 22.3 Å². The third-order valence-corrected chi connectivity index (χ3v) is 5.79. The van der Waals surface area contributed by atoms with Gasteiger partial charge in [0.05, 0.1) is 0 Å². The lowest BCUT2D eigenvalue weighted by molar-refractivity contribution is 1.50. The van der Waals surface area contributed by atoms with Gasteiger partial charge in [0.1, 0.15) is 0 Å². The van der Waals surface area contributed by atoms with Crippen molar-refractivity contribution in [2.75, 3.05) is 0 Å². The summed E-state index contributed by atoms with van der Waals surface area (Å²) >= 11 is 24.7. The standard InChI is InChI=1S/C26H16Cl4/c27-21-9-1-17(2-10-21)25(18-3-11-22(28)12-4-18)26(19-5-13-23(29)14-6-19)20-7-15-24(30)16-8-20/h1-16H. The molecule has 30 heavy (non-hydrogen) atoms. The molecule has 4 heteroatoms. The first-order valence-corrected chi connectivity index (χ1v) is 10.8. The normalized spacial score (nSPS) is 10.7. The Hall–Kier alpha value is -2.22. The molecule has 0 spiro atoms. The highest BCUT2D eigenvalue weighted by Crippen LogP contribution is 2.38. The van der Waals surface area contributed by atoms with Gasteiger partial charge >= 0.3 is 0 Å². The summed E-state index contributed by atoms with van der Waals surface area (Å²) in [6.45, 7) is 0. The van der Waals surface area contributed by atoms with E-state index in [1.807, 2.05) is 97.1 Å². The summed E-state index contributed by atoms with van der Waals surface area (Å²) in [7, 11) is 0. The van der Waals surface area contributed by atoms with Crippen molar-refractivity contribution >= 4 is 57.5 Å². The molecule has 0 nitrogen and oxygen atoms in total. The van der Waals surface area contributed by atoms with Crippen molar-refractivity contribution in [2.24, 2.45) is 0 Å². The van der Waals surface area contributed by atoms with Crippen LogP contribution in [-0.2, 0) is 0 Å². The first-order valence-electron chi connectivity index (χ1n) is 9.29. The number of halogens is 4. The Morgan fingerprint density at radius 1 is 0.300 bits per heavy atom. The van der Waals surface area contributed by atoms with Crippen LogP contribution in [-0.4, -0.2) is 0 Å². The van der Waals surface area contributed by atoms with Crippen molar-refractivity contribution < 1.29 is 0 Å². The second-order valence-corrected chi connectivity index (χ2v) is 8.52. The second kappa shape index (κ2) is 9.29. The summed E-state index contributed by atoms with van der Waals surface area (Å²) in [6.07, 6.45) is 0. The molecular weight excluding hydrogens is 454 g/mol. The molecule has 0 amide bonds. The lowest BCUT2D eigenvalue weighted by atomic mass is 9.86. The van der Waals surface area contributed by atoms with Crippen molar-refractivity contribution in [3.63, 3.8) is 0 Å². The van der Waals surface area contributed by atoms with Gasteiger partial charge in [-0.1, -0.05) is 94.9 Å². The monoisotopic (exact) mass is 468 g/mol. The van der Waals surface area contributed by atoms with Crippen molar-refractivity contribution in [2.45, 2.75) is 0 Å². The van der Waals surface area contributed by atoms with Crippen LogP contribution in [0.5, 0.6) is 0 Å². The van der Waals surface area contributed by atoms with Crippen molar-refractivity contribution in [1.29, 1.82) is 0 Å². The first kappa shape index (κ1) is 21.0. The van der Waals surface area contributed by atoms with Crippen molar-refractivity contribution in [1.82, 2.24) is 0 Å². The molecule has 0 fully saturated rings. The van der Waals surface area contributed by atoms with Gasteiger partial charge in [-0.25, -0.2) is 0 Å². The van der Waals surface area contributed by atoms with Crippen LogP contribution in [0.2, 0.25) is 20.1 Å². The van der Waals surface area contributed by atoms with Crippen LogP contribution in [0.4, 0.5) is 0 Å². The van der Waals surface area contributed by atoms with Gasteiger partial charge < -0.3 is 0 Å². The van der Waals surface area contributed by atoms with Gasteiger partial charge in [-0.15, -0.1) is 0 Å². The number of hydrogen-bond donors (Lipinski definition) is 0. The Morgan fingerprint density at radius 2 is 0.467 bits per heavy atom. The molecule has 0 atom stereocenters. The van der Waals surface area contributed by atoms with Crippen LogP contribution in [0, 0.1) is 0 Å².